The van der Waals surface area contributed by atoms with Crippen molar-refractivity contribution in [1.82, 2.24) is 14.1 Å². The maximum atomic E-state index is 11.8. The van der Waals surface area contributed by atoms with Gasteiger partial charge in [0.2, 0.25) is 0 Å². The van der Waals surface area contributed by atoms with Crippen LogP contribution >= 0.6 is 0 Å². The molecule has 0 aliphatic carbocycles. The van der Waals surface area contributed by atoms with Gasteiger partial charge in [0.25, 0.3) is 5.56 Å². The van der Waals surface area contributed by atoms with E-state index in [2.05, 4.69) is 4.98 Å². The minimum absolute atomic E-state index is 0.0429. The number of nitrogens with zero attached hydrogens (tertiary/aromatic N) is 3. The van der Waals surface area contributed by atoms with Gasteiger partial charge in [-0.1, -0.05) is 0 Å². The molecule has 2 rings (SSSR count). The number of H-pyrrole nitrogens is 1. The van der Waals surface area contributed by atoms with Crippen LogP contribution in [0.2, 0.25) is 0 Å². The monoisotopic (exact) mass is 252 g/mol. The summed E-state index contributed by atoms with van der Waals surface area (Å²) in [6, 6.07) is 0.871. The van der Waals surface area contributed by atoms with E-state index in [0.717, 1.165) is 15.2 Å². The molecule has 0 fully saturated rings. The minimum atomic E-state index is -0.962. The fourth-order valence-electron chi connectivity index (χ4n) is 1.66. The number of fused-ring (bicyclic) bond motifs is 1. The Kier molecular flexibility index (Phi) is 2.39. The summed E-state index contributed by atoms with van der Waals surface area (Å²) in [4.78, 5) is 46.7. The molecular weight excluding hydrogens is 244 g/mol. The zero-order valence-electron chi connectivity index (χ0n) is 9.46. The Morgan fingerprint density at radius 3 is 2.39 bits per heavy atom. The van der Waals surface area contributed by atoms with Gasteiger partial charge in [-0.05, 0) is 0 Å². The van der Waals surface area contributed by atoms with Gasteiger partial charge in [0.05, 0.1) is 10.3 Å². The molecule has 9 heteroatoms. The number of aryl methyl sites for hydroxylation is 1. The standard InChI is InChI=1S/C9H8N4O5/c1-11-6-4(8(15)12(2)9(11)16)3-5(13(17)18)7(14)10-6/h3H,1-2H3,(H,10,14). The Labute approximate surface area is 98.1 Å². The zero-order valence-corrected chi connectivity index (χ0v) is 9.46. The van der Waals surface area contributed by atoms with Crippen LogP contribution in [-0.2, 0) is 14.1 Å². The quantitative estimate of drug-likeness (QED) is 0.506. The van der Waals surface area contributed by atoms with Crippen LogP contribution in [0.4, 0.5) is 5.69 Å². The maximum absolute atomic E-state index is 11.8. The van der Waals surface area contributed by atoms with Crippen molar-refractivity contribution in [2.75, 3.05) is 0 Å². The van der Waals surface area contributed by atoms with Crippen molar-refractivity contribution in [3.63, 3.8) is 0 Å². The van der Waals surface area contributed by atoms with Crippen LogP contribution in [0, 0.1) is 10.1 Å². The van der Waals surface area contributed by atoms with E-state index in [-0.39, 0.29) is 11.0 Å². The van der Waals surface area contributed by atoms with Crippen molar-refractivity contribution < 1.29 is 4.92 Å². The Bertz CT molecular complexity index is 841. The number of aromatic amines is 1. The Morgan fingerprint density at radius 2 is 1.83 bits per heavy atom. The van der Waals surface area contributed by atoms with Crippen LogP contribution < -0.4 is 16.8 Å². The van der Waals surface area contributed by atoms with E-state index in [0.29, 0.717) is 0 Å². The molecule has 2 aromatic rings. The highest BCUT2D eigenvalue weighted by atomic mass is 16.6. The summed E-state index contributed by atoms with van der Waals surface area (Å²) in [5, 5.41) is 10.5. The lowest BCUT2D eigenvalue weighted by Crippen LogP contribution is -2.38. The van der Waals surface area contributed by atoms with Crippen molar-refractivity contribution >= 4 is 16.7 Å². The number of nitro groups is 1. The predicted molar refractivity (Wildman–Crippen MR) is 61.7 cm³/mol. The third-order valence-corrected chi connectivity index (χ3v) is 2.64. The van der Waals surface area contributed by atoms with Crippen molar-refractivity contribution in [3.05, 3.63) is 47.4 Å². The molecule has 0 aliphatic rings. The molecule has 2 heterocycles. The molecule has 0 atom stereocenters. The van der Waals surface area contributed by atoms with Crippen molar-refractivity contribution in [1.29, 1.82) is 0 Å². The van der Waals surface area contributed by atoms with Gasteiger partial charge >= 0.3 is 16.9 Å². The third kappa shape index (κ3) is 1.44. The summed E-state index contributed by atoms with van der Waals surface area (Å²) in [6.45, 7) is 0. The molecular formula is C9H8N4O5. The first kappa shape index (κ1) is 11.8. The Morgan fingerprint density at radius 1 is 1.22 bits per heavy atom. The molecule has 2 aromatic heterocycles. The second kappa shape index (κ2) is 3.65. The average molecular weight is 252 g/mol. The summed E-state index contributed by atoms with van der Waals surface area (Å²) >= 11 is 0. The smallest absolute Gasteiger partial charge is 0.302 e. The first-order chi connectivity index (χ1) is 8.34. The maximum Gasteiger partial charge on any atom is 0.334 e. The lowest BCUT2D eigenvalue weighted by Gasteiger charge is -2.06. The number of hydrogen-bond acceptors (Lipinski definition) is 5. The first-order valence-corrected chi connectivity index (χ1v) is 4.82. The SMILES string of the molecule is Cn1c(=O)c2cc([N+](=O)[O-])c(=O)[nH]c2n(C)c1=O. The molecule has 94 valence electrons. The normalized spacial score (nSPS) is 10.8. The van der Waals surface area contributed by atoms with E-state index in [4.69, 9.17) is 0 Å². The average Bonchev–Trinajstić information content (AvgIpc) is 2.33. The fourth-order valence-corrected chi connectivity index (χ4v) is 1.66. The summed E-state index contributed by atoms with van der Waals surface area (Å²) in [6.07, 6.45) is 0. The van der Waals surface area contributed by atoms with Gasteiger partial charge in [-0.25, -0.2) is 4.79 Å². The van der Waals surface area contributed by atoms with E-state index in [1.165, 1.54) is 14.1 Å². The zero-order chi connectivity index (χ0) is 13.6. The molecule has 0 saturated heterocycles. The van der Waals surface area contributed by atoms with Gasteiger partial charge in [0, 0.05) is 20.2 Å². The number of hydrogen-bond donors (Lipinski definition) is 1. The molecule has 0 bridgehead atoms. The van der Waals surface area contributed by atoms with E-state index in [1.54, 1.807) is 0 Å². The summed E-state index contributed by atoms with van der Waals surface area (Å²) in [5.74, 6) is 0. The molecule has 0 radical (unpaired) electrons. The summed E-state index contributed by atoms with van der Waals surface area (Å²) in [5.41, 5.74) is -3.07. The molecule has 0 aromatic carbocycles. The molecule has 0 unspecified atom stereocenters. The van der Waals surface area contributed by atoms with Gasteiger partial charge in [0.15, 0.2) is 0 Å². The highest BCUT2D eigenvalue weighted by Gasteiger charge is 2.17. The lowest BCUT2D eigenvalue weighted by molar-refractivity contribution is -0.386. The summed E-state index contributed by atoms with van der Waals surface area (Å²) < 4.78 is 1.85. The van der Waals surface area contributed by atoms with Crippen LogP contribution in [0.5, 0.6) is 0 Å². The molecule has 9 nitrogen and oxygen atoms in total. The number of nitrogens with one attached hydrogen (secondary N) is 1. The topological polar surface area (TPSA) is 120 Å². The molecule has 0 amide bonds. The Balaban J connectivity index is 3.14. The van der Waals surface area contributed by atoms with Crippen LogP contribution in [-0.4, -0.2) is 19.0 Å². The lowest BCUT2D eigenvalue weighted by atomic mass is 10.3. The van der Waals surface area contributed by atoms with E-state index < -0.39 is 27.4 Å². The van der Waals surface area contributed by atoms with E-state index in [9.17, 15) is 24.5 Å². The second-order valence-electron chi connectivity index (χ2n) is 3.71. The van der Waals surface area contributed by atoms with E-state index >= 15 is 0 Å². The van der Waals surface area contributed by atoms with Crippen LogP contribution in [0.1, 0.15) is 0 Å². The second-order valence-corrected chi connectivity index (χ2v) is 3.71. The minimum Gasteiger partial charge on any atom is -0.302 e. The highest BCUT2D eigenvalue weighted by molar-refractivity contribution is 5.76. The van der Waals surface area contributed by atoms with Crippen LogP contribution in [0.3, 0.4) is 0 Å². The first-order valence-electron chi connectivity index (χ1n) is 4.82. The fraction of sp³-hybridized carbons (Fsp3) is 0.222. The third-order valence-electron chi connectivity index (χ3n) is 2.64. The number of rotatable bonds is 1. The van der Waals surface area contributed by atoms with Crippen LogP contribution in [0.15, 0.2) is 20.4 Å². The number of aromatic nitrogens is 3. The Hall–Kier alpha value is -2.71. The predicted octanol–water partition coefficient (Wildman–Crippen LogP) is -1.17. The van der Waals surface area contributed by atoms with Gasteiger partial charge < -0.3 is 4.98 Å². The van der Waals surface area contributed by atoms with Crippen molar-refractivity contribution in [2.24, 2.45) is 14.1 Å². The van der Waals surface area contributed by atoms with Crippen molar-refractivity contribution in [2.45, 2.75) is 0 Å². The largest absolute Gasteiger partial charge is 0.334 e. The van der Waals surface area contributed by atoms with Gasteiger partial charge in [-0.2, -0.15) is 0 Å². The van der Waals surface area contributed by atoms with Crippen molar-refractivity contribution in [3.8, 4) is 0 Å². The highest BCUT2D eigenvalue weighted by Crippen LogP contribution is 2.08. The van der Waals surface area contributed by atoms with Gasteiger partial charge in [-0.15, -0.1) is 0 Å². The molecule has 0 aliphatic heterocycles. The molecule has 1 N–H and O–H groups in total. The summed E-state index contributed by atoms with van der Waals surface area (Å²) in [7, 11) is 2.60. The van der Waals surface area contributed by atoms with Gasteiger partial charge in [0.1, 0.15) is 5.65 Å². The molecule has 18 heavy (non-hydrogen) atoms. The number of pyridine rings is 1. The van der Waals surface area contributed by atoms with E-state index in [1.807, 2.05) is 0 Å². The van der Waals surface area contributed by atoms with Gasteiger partial charge in [-0.3, -0.25) is 28.8 Å². The van der Waals surface area contributed by atoms with Crippen LogP contribution in [0.25, 0.3) is 11.0 Å². The molecule has 0 spiro atoms. The molecule has 0 saturated carbocycles.